The van der Waals surface area contributed by atoms with E-state index in [1.54, 1.807) is 0 Å². The van der Waals surface area contributed by atoms with Gasteiger partial charge in [0.25, 0.3) is 0 Å². The Hall–Kier alpha value is -0.650. The van der Waals surface area contributed by atoms with Gasteiger partial charge in [-0.3, -0.25) is 0 Å². The Morgan fingerprint density at radius 2 is 2.38 bits per heavy atom. The first kappa shape index (κ1) is 10.4. The van der Waals surface area contributed by atoms with Crippen LogP contribution < -0.4 is 0 Å². The highest BCUT2D eigenvalue weighted by Crippen LogP contribution is 2.24. The summed E-state index contributed by atoms with van der Waals surface area (Å²) in [5, 5.41) is 7.99. The molecule has 1 atom stereocenters. The van der Waals surface area contributed by atoms with Gasteiger partial charge in [0.05, 0.1) is 19.1 Å². The molecule has 0 radical (unpaired) electrons. The molecule has 0 aromatic rings. The Labute approximate surface area is 76.5 Å². The molecule has 0 spiro atoms. The lowest BCUT2D eigenvalue weighted by atomic mass is 10.2. The van der Waals surface area contributed by atoms with Crippen LogP contribution in [0.5, 0.6) is 0 Å². The molecule has 1 aliphatic rings. The topological polar surface area (TPSA) is 65.0 Å². The van der Waals surface area contributed by atoms with Gasteiger partial charge in [-0.2, -0.15) is 5.26 Å². The molecule has 0 aromatic carbocycles. The van der Waals surface area contributed by atoms with E-state index in [4.69, 9.17) is 14.7 Å². The molecule has 1 aliphatic heterocycles. The third kappa shape index (κ3) is 3.30. The zero-order valence-corrected chi connectivity index (χ0v) is 7.78. The highest BCUT2D eigenvalue weighted by atomic mass is 17.1. The molecule has 5 nitrogen and oxygen atoms in total. The summed E-state index contributed by atoms with van der Waals surface area (Å²) in [4.78, 5) is 14.1. The van der Waals surface area contributed by atoms with Gasteiger partial charge in [-0.25, -0.2) is 4.79 Å². The lowest BCUT2D eigenvalue weighted by Crippen LogP contribution is -2.21. The van der Waals surface area contributed by atoms with Crippen LogP contribution in [0.1, 0.15) is 26.7 Å². The largest absolute Gasteiger partial charge is 0.348 e. The Bertz CT molecular complexity index is 189. The standard InChI is InChI=1S/C8H14O5/c1-8(2)11-5-6(12-8)3-4-7(9)13-10/h6,10H,3-5H2,1-2H3. The van der Waals surface area contributed by atoms with Crippen LogP contribution in [0.25, 0.3) is 0 Å². The number of hydrogen-bond acceptors (Lipinski definition) is 5. The molecule has 1 N–H and O–H groups in total. The minimum Gasteiger partial charge on any atom is -0.348 e. The van der Waals surface area contributed by atoms with Crippen molar-refractivity contribution in [2.24, 2.45) is 0 Å². The van der Waals surface area contributed by atoms with Gasteiger partial charge in [0.2, 0.25) is 0 Å². The second-order valence-electron chi connectivity index (χ2n) is 3.45. The number of carbonyl (C=O) groups is 1. The predicted molar refractivity (Wildman–Crippen MR) is 42.9 cm³/mol. The predicted octanol–water partition coefficient (Wildman–Crippen LogP) is 0.934. The zero-order chi connectivity index (χ0) is 9.90. The summed E-state index contributed by atoms with van der Waals surface area (Å²) in [7, 11) is 0. The van der Waals surface area contributed by atoms with E-state index in [-0.39, 0.29) is 12.5 Å². The molecule has 0 aliphatic carbocycles. The van der Waals surface area contributed by atoms with Gasteiger partial charge in [-0.1, -0.05) is 0 Å². The molecule has 5 heteroatoms. The molecule has 1 heterocycles. The maximum Gasteiger partial charge on any atom is 0.342 e. The molecule has 1 saturated heterocycles. The highest BCUT2D eigenvalue weighted by molar-refractivity contribution is 5.68. The van der Waals surface area contributed by atoms with Crippen molar-refractivity contribution in [1.29, 1.82) is 0 Å². The summed E-state index contributed by atoms with van der Waals surface area (Å²) < 4.78 is 10.7. The van der Waals surface area contributed by atoms with Crippen molar-refractivity contribution < 1.29 is 24.4 Å². The van der Waals surface area contributed by atoms with E-state index in [9.17, 15) is 4.79 Å². The lowest BCUT2D eigenvalue weighted by Gasteiger charge is -2.16. The maximum absolute atomic E-state index is 10.6. The van der Waals surface area contributed by atoms with Crippen LogP contribution >= 0.6 is 0 Å². The lowest BCUT2D eigenvalue weighted by molar-refractivity contribution is -0.234. The summed E-state index contributed by atoms with van der Waals surface area (Å²) >= 11 is 0. The summed E-state index contributed by atoms with van der Waals surface area (Å²) in [6.07, 6.45) is 0.553. The van der Waals surface area contributed by atoms with Gasteiger partial charge >= 0.3 is 5.97 Å². The SMILES string of the molecule is CC1(C)OCC(CCC(=O)OO)O1. The zero-order valence-electron chi connectivity index (χ0n) is 7.78. The van der Waals surface area contributed by atoms with E-state index in [1.807, 2.05) is 13.8 Å². The fraction of sp³-hybridized carbons (Fsp3) is 0.875. The second kappa shape index (κ2) is 4.04. The molecule has 1 rings (SSSR count). The van der Waals surface area contributed by atoms with E-state index in [0.717, 1.165) is 0 Å². The highest BCUT2D eigenvalue weighted by Gasteiger charge is 2.32. The van der Waals surface area contributed by atoms with Gasteiger partial charge in [-0.15, -0.1) is 0 Å². The average molecular weight is 190 g/mol. The maximum atomic E-state index is 10.6. The average Bonchev–Trinajstić information content (AvgIpc) is 2.41. The third-order valence-electron chi connectivity index (χ3n) is 1.84. The fourth-order valence-corrected chi connectivity index (χ4v) is 1.23. The Morgan fingerprint density at radius 1 is 1.69 bits per heavy atom. The fourth-order valence-electron chi connectivity index (χ4n) is 1.23. The summed E-state index contributed by atoms with van der Waals surface area (Å²) in [6, 6.07) is 0. The van der Waals surface area contributed by atoms with Crippen LogP contribution in [0, 0.1) is 0 Å². The van der Waals surface area contributed by atoms with Crippen LogP contribution in [0.15, 0.2) is 0 Å². The summed E-state index contributed by atoms with van der Waals surface area (Å²) in [5.74, 6) is -1.21. The Balaban J connectivity index is 2.21. The van der Waals surface area contributed by atoms with Gasteiger partial charge in [0.1, 0.15) is 0 Å². The molecule has 1 fully saturated rings. The first-order chi connectivity index (χ1) is 6.03. The van der Waals surface area contributed by atoms with Crippen molar-refractivity contribution >= 4 is 5.97 Å². The van der Waals surface area contributed by atoms with Crippen LogP contribution in [-0.4, -0.2) is 29.7 Å². The van der Waals surface area contributed by atoms with E-state index < -0.39 is 11.8 Å². The minimum atomic E-state index is -0.645. The molecule has 0 saturated carbocycles. The van der Waals surface area contributed by atoms with Crippen LogP contribution in [-0.2, 0) is 19.2 Å². The summed E-state index contributed by atoms with van der Waals surface area (Å²) in [5.41, 5.74) is 0. The first-order valence-corrected chi connectivity index (χ1v) is 4.19. The normalized spacial score (nSPS) is 25.9. The van der Waals surface area contributed by atoms with Crippen LogP contribution in [0.4, 0.5) is 0 Å². The number of carbonyl (C=O) groups excluding carboxylic acids is 1. The minimum absolute atomic E-state index is 0.0888. The molecule has 0 bridgehead atoms. The first-order valence-electron chi connectivity index (χ1n) is 4.19. The van der Waals surface area contributed by atoms with Crippen molar-refractivity contribution in [3.63, 3.8) is 0 Å². The van der Waals surface area contributed by atoms with Crippen molar-refractivity contribution in [3.05, 3.63) is 0 Å². The van der Waals surface area contributed by atoms with E-state index in [2.05, 4.69) is 4.89 Å². The Kier molecular flexibility index (Phi) is 3.24. The van der Waals surface area contributed by atoms with Crippen molar-refractivity contribution in [2.75, 3.05) is 6.61 Å². The van der Waals surface area contributed by atoms with Gasteiger partial charge in [0, 0.05) is 0 Å². The molecule has 0 amide bonds. The Morgan fingerprint density at radius 3 is 2.85 bits per heavy atom. The second-order valence-corrected chi connectivity index (χ2v) is 3.45. The smallest absolute Gasteiger partial charge is 0.342 e. The molecule has 76 valence electrons. The van der Waals surface area contributed by atoms with Crippen molar-refractivity contribution in [3.8, 4) is 0 Å². The third-order valence-corrected chi connectivity index (χ3v) is 1.84. The number of ether oxygens (including phenoxy) is 2. The quantitative estimate of drug-likeness (QED) is 0.529. The van der Waals surface area contributed by atoms with Crippen LogP contribution in [0.3, 0.4) is 0 Å². The molecule has 1 unspecified atom stereocenters. The molecule has 0 aromatic heterocycles. The van der Waals surface area contributed by atoms with E-state index >= 15 is 0 Å². The molecular formula is C8H14O5. The number of hydrogen-bond donors (Lipinski definition) is 1. The van der Waals surface area contributed by atoms with Crippen LogP contribution in [0.2, 0.25) is 0 Å². The van der Waals surface area contributed by atoms with E-state index in [1.165, 1.54) is 0 Å². The molecule has 13 heavy (non-hydrogen) atoms. The van der Waals surface area contributed by atoms with Crippen molar-refractivity contribution in [2.45, 2.75) is 38.6 Å². The van der Waals surface area contributed by atoms with Gasteiger partial charge < -0.3 is 14.4 Å². The number of rotatable bonds is 3. The van der Waals surface area contributed by atoms with Gasteiger partial charge in [-0.05, 0) is 20.3 Å². The van der Waals surface area contributed by atoms with E-state index in [0.29, 0.717) is 13.0 Å². The van der Waals surface area contributed by atoms with Crippen molar-refractivity contribution in [1.82, 2.24) is 0 Å². The molecular weight excluding hydrogens is 176 g/mol. The monoisotopic (exact) mass is 190 g/mol. The summed E-state index contributed by atoms with van der Waals surface area (Å²) in [6.45, 7) is 4.11. The van der Waals surface area contributed by atoms with Gasteiger partial charge in [0.15, 0.2) is 5.79 Å².